The Morgan fingerprint density at radius 1 is 1.44 bits per heavy atom. The SMILES string of the molecule is CC(=O)N[C@H]1CCN[C@H](Cc2ccc(Cl)cc2)C1. The lowest BCUT2D eigenvalue weighted by Gasteiger charge is -2.30. The summed E-state index contributed by atoms with van der Waals surface area (Å²) in [5, 5.41) is 7.28. The van der Waals surface area contributed by atoms with Crippen LogP contribution in [0.3, 0.4) is 0 Å². The van der Waals surface area contributed by atoms with Crippen LogP contribution in [0.4, 0.5) is 0 Å². The molecular weight excluding hydrogens is 248 g/mol. The molecule has 0 bridgehead atoms. The van der Waals surface area contributed by atoms with Crippen LogP contribution in [0.2, 0.25) is 5.02 Å². The molecule has 1 aliphatic heterocycles. The van der Waals surface area contributed by atoms with Crippen LogP contribution in [-0.2, 0) is 11.2 Å². The molecule has 1 saturated heterocycles. The van der Waals surface area contributed by atoms with E-state index in [0.29, 0.717) is 12.1 Å². The summed E-state index contributed by atoms with van der Waals surface area (Å²) >= 11 is 5.87. The fraction of sp³-hybridized carbons (Fsp3) is 0.500. The molecule has 4 heteroatoms. The van der Waals surface area contributed by atoms with Crippen LogP contribution in [0.5, 0.6) is 0 Å². The molecule has 2 rings (SSSR count). The molecule has 1 fully saturated rings. The molecule has 0 radical (unpaired) electrons. The van der Waals surface area contributed by atoms with Gasteiger partial charge in [-0.1, -0.05) is 23.7 Å². The third kappa shape index (κ3) is 4.00. The van der Waals surface area contributed by atoms with Gasteiger partial charge in [0.2, 0.25) is 5.91 Å². The van der Waals surface area contributed by atoms with Gasteiger partial charge in [0.1, 0.15) is 0 Å². The molecule has 2 N–H and O–H groups in total. The summed E-state index contributed by atoms with van der Waals surface area (Å²) in [6.07, 6.45) is 2.98. The van der Waals surface area contributed by atoms with Crippen molar-refractivity contribution in [2.45, 2.75) is 38.3 Å². The Morgan fingerprint density at radius 2 is 2.17 bits per heavy atom. The minimum atomic E-state index is 0.0622. The number of piperidine rings is 1. The highest BCUT2D eigenvalue weighted by molar-refractivity contribution is 6.30. The molecule has 0 aromatic heterocycles. The zero-order valence-electron chi connectivity index (χ0n) is 10.6. The molecule has 1 amide bonds. The number of amides is 1. The number of hydrogen-bond donors (Lipinski definition) is 2. The molecule has 1 aliphatic rings. The minimum absolute atomic E-state index is 0.0622. The van der Waals surface area contributed by atoms with E-state index in [1.165, 1.54) is 5.56 Å². The van der Waals surface area contributed by atoms with E-state index in [0.717, 1.165) is 30.8 Å². The zero-order chi connectivity index (χ0) is 13.0. The van der Waals surface area contributed by atoms with Crippen molar-refractivity contribution in [1.29, 1.82) is 0 Å². The Labute approximate surface area is 113 Å². The van der Waals surface area contributed by atoms with Gasteiger partial charge < -0.3 is 10.6 Å². The predicted octanol–water partition coefficient (Wildman–Crippen LogP) is 2.14. The first-order valence-corrected chi connectivity index (χ1v) is 6.76. The molecule has 3 nitrogen and oxygen atoms in total. The largest absolute Gasteiger partial charge is 0.354 e. The minimum Gasteiger partial charge on any atom is -0.354 e. The van der Waals surface area contributed by atoms with E-state index in [1.807, 2.05) is 12.1 Å². The van der Waals surface area contributed by atoms with Gasteiger partial charge in [-0.15, -0.1) is 0 Å². The van der Waals surface area contributed by atoms with Gasteiger partial charge in [0.05, 0.1) is 0 Å². The highest BCUT2D eigenvalue weighted by Crippen LogP contribution is 2.15. The number of hydrogen-bond acceptors (Lipinski definition) is 2. The monoisotopic (exact) mass is 266 g/mol. The maximum absolute atomic E-state index is 11.1. The van der Waals surface area contributed by atoms with E-state index >= 15 is 0 Å². The average Bonchev–Trinajstić information content (AvgIpc) is 2.32. The first kappa shape index (κ1) is 13.4. The van der Waals surface area contributed by atoms with Crippen LogP contribution in [0.25, 0.3) is 0 Å². The molecule has 1 aromatic rings. The van der Waals surface area contributed by atoms with Crippen molar-refractivity contribution in [1.82, 2.24) is 10.6 Å². The van der Waals surface area contributed by atoms with E-state index in [1.54, 1.807) is 6.92 Å². The first-order chi connectivity index (χ1) is 8.63. The highest BCUT2D eigenvalue weighted by Gasteiger charge is 2.21. The topological polar surface area (TPSA) is 41.1 Å². The van der Waals surface area contributed by atoms with E-state index in [2.05, 4.69) is 22.8 Å². The first-order valence-electron chi connectivity index (χ1n) is 6.38. The van der Waals surface area contributed by atoms with Crippen molar-refractivity contribution in [3.63, 3.8) is 0 Å². The summed E-state index contributed by atoms with van der Waals surface area (Å²) in [6, 6.07) is 8.70. The van der Waals surface area contributed by atoms with Crippen LogP contribution >= 0.6 is 11.6 Å². The number of carbonyl (C=O) groups is 1. The van der Waals surface area contributed by atoms with Gasteiger partial charge in [0.15, 0.2) is 0 Å². The van der Waals surface area contributed by atoms with Gasteiger partial charge in [0, 0.05) is 24.0 Å². The van der Waals surface area contributed by atoms with Crippen molar-refractivity contribution in [3.05, 3.63) is 34.9 Å². The lowest BCUT2D eigenvalue weighted by Crippen LogP contribution is -2.48. The van der Waals surface area contributed by atoms with Crippen molar-refractivity contribution in [2.24, 2.45) is 0 Å². The molecular formula is C14H19ClN2O. The molecule has 1 aromatic carbocycles. The van der Waals surface area contributed by atoms with E-state index < -0.39 is 0 Å². The molecule has 0 saturated carbocycles. The fourth-order valence-electron chi connectivity index (χ4n) is 2.49. The Kier molecular flexibility index (Phi) is 4.61. The number of nitrogens with one attached hydrogen (secondary N) is 2. The molecule has 18 heavy (non-hydrogen) atoms. The van der Waals surface area contributed by atoms with Crippen LogP contribution in [-0.4, -0.2) is 24.5 Å². The Hall–Kier alpha value is -1.06. The molecule has 98 valence electrons. The van der Waals surface area contributed by atoms with Crippen molar-refractivity contribution < 1.29 is 4.79 Å². The van der Waals surface area contributed by atoms with Gasteiger partial charge >= 0.3 is 0 Å². The van der Waals surface area contributed by atoms with Crippen LogP contribution < -0.4 is 10.6 Å². The second kappa shape index (κ2) is 6.21. The second-order valence-electron chi connectivity index (χ2n) is 4.90. The number of carbonyl (C=O) groups excluding carboxylic acids is 1. The predicted molar refractivity (Wildman–Crippen MR) is 73.8 cm³/mol. The summed E-state index contributed by atoms with van der Waals surface area (Å²) < 4.78 is 0. The number of rotatable bonds is 3. The lowest BCUT2D eigenvalue weighted by atomic mass is 9.94. The van der Waals surface area contributed by atoms with Gasteiger partial charge in [-0.2, -0.15) is 0 Å². The summed E-state index contributed by atoms with van der Waals surface area (Å²) in [7, 11) is 0. The van der Waals surface area contributed by atoms with Gasteiger partial charge in [-0.25, -0.2) is 0 Å². The zero-order valence-corrected chi connectivity index (χ0v) is 11.3. The smallest absolute Gasteiger partial charge is 0.217 e. The quantitative estimate of drug-likeness (QED) is 0.880. The normalized spacial score (nSPS) is 23.7. The van der Waals surface area contributed by atoms with Crippen molar-refractivity contribution >= 4 is 17.5 Å². The number of halogens is 1. The van der Waals surface area contributed by atoms with Gasteiger partial charge in [0.25, 0.3) is 0 Å². The van der Waals surface area contributed by atoms with Crippen molar-refractivity contribution in [3.8, 4) is 0 Å². The van der Waals surface area contributed by atoms with E-state index in [-0.39, 0.29) is 5.91 Å². The average molecular weight is 267 g/mol. The van der Waals surface area contributed by atoms with Gasteiger partial charge in [-0.05, 0) is 43.5 Å². The van der Waals surface area contributed by atoms with Gasteiger partial charge in [-0.3, -0.25) is 4.79 Å². The Morgan fingerprint density at radius 3 is 2.83 bits per heavy atom. The third-order valence-corrected chi connectivity index (χ3v) is 3.55. The summed E-state index contributed by atoms with van der Waals surface area (Å²) in [5.74, 6) is 0.0622. The molecule has 0 unspecified atom stereocenters. The standard InChI is InChI=1S/C14H19ClN2O/c1-10(18)17-13-6-7-16-14(9-13)8-11-2-4-12(15)5-3-11/h2-5,13-14,16H,6-9H2,1H3,(H,17,18)/t13-,14+/m0/s1. The molecule has 1 heterocycles. The molecule has 0 aliphatic carbocycles. The Balaban J connectivity index is 1.89. The van der Waals surface area contributed by atoms with Crippen LogP contribution in [0.15, 0.2) is 24.3 Å². The van der Waals surface area contributed by atoms with E-state index in [4.69, 9.17) is 11.6 Å². The van der Waals surface area contributed by atoms with Crippen LogP contribution in [0.1, 0.15) is 25.3 Å². The maximum Gasteiger partial charge on any atom is 0.217 e. The Bertz CT molecular complexity index is 405. The molecule has 0 spiro atoms. The van der Waals surface area contributed by atoms with Crippen LogP contribution in [0, 0.1) is 0 Å². The fourth-order valence-corrected chi connectivity index (χ4v) is 2.61. The second-order valence-corrected chi connectivity index (χ2v) is 5.34. The summed E-state index contributed by atoms with van der Waals surface area (Å²) in [5.41, 5.74) is 1.28. The summed E-state index contributed by atoms with van der Waals surface area (Å²) in [6.45, 7) is 2.54. The highest BCUT2D eigenvalue weighted by atomic mass is 35.5. The summed E-state index contributed by atoms with van der Waals surface area (Å²) in [4.78, 5) is 11.1. The lowest BCUT2D eigenvalue weighted by molar-refractivity contribution is -0.119. The number of benzene rings is 1. The third-order valence-electron chi connectivity index (χ3n) is 3.30. The van der Waals surface area contributed by atoms with E-state index in [9.17, 15) is 4.79 Å². The maximum atomic E-state index is 11.1. The molecule has 2 atom stereocenters. The van der Waals surface area contributed by atoms with Crippen molar-refractivity contribution in [2.75, 3.05) is 6.54 Å².